The average Bonchev–Trinajstić information content (AvgIpc) is 2.04. The Kier molecular flexibility index (Phi) is 3.11. The zero-order chi connectivity index (χ0) is 9.14. The minimum absolute atomic E-state index is 0.0833. The van der Waals surface area contributed by atoms with Crippen molar-refractivity contribution in [3.05, 3.63) is 28.0 Å². The molecule has 66 valence electrons. The summed E-state index contributed by atoms with van der Waals surface area (Å²) < 4.78 is 24.9. The van der Waals surface area contributed by atoms with Crippen molar-refractivity contribution in [2.24, 2.45) is 5.73 Å². The molecule has 0 saturated heterocycles. The van der Waals surface area contributed by atoms with Crippen LogP contribution in [0.5, 0.6) is 0 Å². The van der Waals surface area contributed by atoms with Gasteiger partial charge in [0.25, 0.3) is 6.43 Å². The van der Waals surface area contributed by atoms with Gasteiger partial charge in [-0.3, -0.25) is 0 Å². The van der Waals surface area contributed by atoms with Crippen LogP contribution >= 0.6 is 15.9 Å². The molecule has 0 fully saturated rings. The third kappa shape index (κ3) is 1.98. The van der Waals surface area contributed by atoms with Crippen LogP contribution < -0.4 is 5.73 Å². The fraction of sp³-hybridized carbons (Fsp3) is 0.286. The molecule has 0 aliphatic heterocycles. The van der Waals surface area contributed by atoms with Gasteiger partial charge in [-0.05, 0) is 27.6 Å². The van der Waals surface area contributed by atoms with E-state index in [0.717, 1.165) is 0 Å². The Bertz CT molecular complexity index is 278. The maximum absolute atomic E-state index is 12.3. The molecule has 2 N–H and O–H groups in total. The summed E-state index contributed by atoms with van der Waals surface area (Å²) in [4.78, 5) is 3.63. The molecule has 1 aromatic heterocycles. The molecule has 0 radical (unpaired) electrons. The lowest BCUT2D eigenvalue weighted by Crippen LogP contribution is -2.04. The van der Waals surface area contributed by atoms with E-state index >= 15 is 0 Å². The number of hydrogen-bond donors (Lipinski definition) is 1. The number of alkyl halides is 2. The lowest BCUT2D eigenvalue weighted by atomic mass is 10.2. The lowest BCUT2D eigenvalue weighted by molar-refractivity contribution is 0.144. The van der Waals surface area contributed by atoms with Crippen molar-refractivity contribution in [3.63, 3.8) is 0 Å². The number of halogens is 3. The molecular formula is C7H7BrF2N2. The summed E-state index contributed by atoms with van der Waals surface area (Å²) in [6, 6.07) is 3.13. The minimum atomic E-state index is -2.57. The number of rotatable bonds is 2. The van der Waals surface area contributed by atoms with Gasteiger partial charge >= 0.3 is 0 Å². The molecular weight excluding hydrogens is 230 g/mol. The molecule has 5 heteroatoms. The highest BCUT2D eigenvalue weighted by atomic mass is 79.9. The molecule has 2 nitrogen and oxygen atoms in total. The second-order valence-electron chi connectivity index (χ2n) is 2.18. The van der Waals surface area contributed by atoms with E-state index in [1.807, 2.05) is 0 Å². The van der Waals surface area contributed by atoms with Crippen LogP contribution in [0.3, 0.4) is 0 Å². The van der Waals surface area contributed by atoms with Gasteiger partial charge < -0.3 is 5.73 Å². The number of nitrogens with two attached hydrogens (primary N) is 1. The summed E-state index contributed by atoms with van der Waals surface area (Å²) in [6.07, 6.45) is -2.57. The summed E-state index contributed by atoms with van der Waals surface area (Å²) in [7, 11) is 0. The number of nitrogens with zero attached hydrogens (tertiary/aromatic N) is 1. The molecule has 1 aromatic rings. The Morgan fingerprint density at radius 2 is 2.17 bits per heavy atom. The molecule has 0 spiro atoms. The first kappa shape index (κ1) is 9.54. The maximum Gasteiger partial charge on any atom is 0.280 e. The van der Waals surface area contributed by atoms with Gasteiger partial charge in [-0.1, -0.05) is 6.07 Å². The number of pyridine rings is 1. The van der Waals surface area contributed by atoms with Crippen molar-refractivity contribution >= 4 is 15.9 Å². The fourth-order valence-electron chi connectivity index (χ4n) is 0.840. The van der Waals surface area contributed by atoms with Crippen molar-refractivity contribution < 1.29 is 8.78 Å². The van der Waals surface area contributed by atoms with E-state index in [2.05, 4.69) is 20.9 Å². The van der Waals surface area contributed by atoms with Crippen molar-refractivity contribution in [3.8, 4) is 0 Å². The predicted molar refractivity (Wildman–Crippen MR) is 44.8 cm³/mol. The minimum Gasteiger partial charge on any atom is -0.326 e. The van der Waals surface area contributed by atoms with Crippen LogP contribution in [0.25, 0.3) is 0 Å². The van der Waals surface area contributed by atoms with E-state index in [-0.39, 0.29) is 12.2 Å². The van der Waals surface area contributed by atoms with Gasteiger partial charge in [-0.2, -0.15) is 0 Å². The van der Waals surface area contributed by atoms with Gasteiger partial charge in [0.1, 0.15) is 10.3 Å². The third-order valence-corrected chi connectivity index (χ3v) is 1.85. The number of hydrogen-bond acceptors (Lipinski definition) is 2. The van der Waals surface area contributed by atoms with E-state index in [1.165, 1.54) is 0 Å². The van der Waals surface area contributed by atoms with E-state index in [1.54, 1.807) is 12.1 Å². The SMILES string of the molecule is NCc1ccc(Br)nc1C(F)F. The smallest absolute Gasteiger partial charge is 0.280 e. The van der Waals surface area contributed by atoms with Crippen LogP contribution in [-0.4, -0.2) is 4.98 Å². The van der Waals surface area contributed by atoms with Crippen LogP contribution in [0.2, 0.25) is 0 Å². The van der Waals surface area contributed by atoms with Gasteiger partial charge in [0.15, 0.2) is 0 Å². The Balaban J connectivity index is 3.12. The second-order valence-corrected chi connectivity index (χ2v) is 3.00. The molecule has 0 aliphatic carbocycles. The van der Waals surface area contributed by atoms with Crippen LogP contribution in [0.4, 0.5) is 8.78 Å². The monoisotopic (exact) mass is 236 g/mol. The molecule has 1 heterocycles. The molecule has 0 unspecified atom stereocenters. The van der Waals surface area contributed by atoms with Crippen molar-refractivity contribution in [2.75, 3.05) is 0 Å². The van der Waals surface area contributed by atoms with E-state index in [0.29, 0.717) is 10.2 Å². The highest BCUT2D eigenvalue weighted by Gasteiger charge is 2.13. The van der Waals surface area contributed by atoms with Gasteiger partial charge in [-0.15, -0.1) is 0 Å². The zero-order valence-electron chi connectivity index (χ0n) is 6.10. The van der Waals surface area contributed by atoms with E-state index in [9.17, 15) is 8.78 Å². The first-order chi connectivity index (χ1) is 5.65. The molecule has 0 saturated carbocycles. The van der Waals surface area contributed by atoms with Crippen molar-refractivity contribution in [1.82, 2.24) is 4.98 Å². The van der Waals surface area contributed by atoms with Crippen LogP contribution in [-0.2, 0) is 6.54 Å². The third-order valence-electron chi connectivity index (χ3n) is 1.40. The highest BCUT2D eigenvalue weighted by molar-refractivity contribution is 9.10. The fourth-order valence-corrected chi connectivity index (χ4v) is 1.16. The molecule has 0 amide bonds. The lowest BCUT2D eigenvalue weighted by Gasteiger charge is -2.05. The largest absolute Gasteiger partial charge is 0.326 e. The molecule has 0 atom stereocenters. The summed E-state index contributed by atoms with van der Waals surface area (Å²) in [5.41, 5.74) is 5.39. The molecule has 0 aromatic carbocycles. The highest BCUT2D eigenvalue weighted by Crippen LogP contribution is 2.22. The first-order valence-electron chi connectivity index (χ1n) is 3.28. The Labute approximate surface area is 76.9 Å². The van der Waals surface area contributed by atoms with Gasteiger partial charge in [-0.25, -0.2) is 13.8 Å². The Hall–Kier alpha value is -0.550. The quantitative estimate of drug-likeness (QED) is 0.801. The molecule has 1 rings (SSSR count). The number of aromatic nitrogens is 1. The Morgan fingerprint density at radius 3 is 2.67 bits per heavy atom. The van der Waals surface area contributed by atoms with E-state index < -0.39 is 6.43 Å². The molecule has 12 heavy (non-hydrogen) atoms. The normalized spacial score (nSPS) is 10.8. The van der Waals surface area contributed by atoms with Crippen molar-refractivity contribution in [1.29, 1.82) is 0 Å². The van der Waals surface area contributed by atoms with E-state index in [4.69, 9.17) is 5.73 Å². The second kappa shape index (κ2) is 3.91. The van der Waals surface area contributed by atoms with Crippen LogP contribution in [0.15, 0.2) is 16.7 Å². The zero-order valence-corrected chi connectivity index (χ0v) is 7.68. The van der Waals surface area contributed by atoms with Gasteiger partial charge in [0.2, 0.25) is 0 Å². The average molecular weight is 237 g/mol. The first-order valence-corrected chi connectivity index (χ1v) is 4.08. The topological polar surface area (TPSA) is 38.9 Å². The van der Waals surface area contributed by atoms with Crippen LogP contribution in [0, 0.1) is 0 Å². The van der Waals surface area contributed by atoms with Crippen LogP contribution in [0.1, 0.15) is 17.7 Å². The van der Waals surface area contributed by atoms with Gasteiger partial charge in [0.05, 0.1) is 0 Å². The summed E-state index contributed by atoms with van der Waals surface area (Å²) in [5, 5.41) is 0. The van der Waals surface area contributed by atoms with Crippen molar-refractivity contribution in [2.45, 2.75) is 13.0 Å². The summed E-state index contributed by atoms with van der Waals surface area (Å²) in [5.74, 6) is 0. The summed E-state index contributed by atoms with van der Waals surface area (Å²) >= 11 is 3.01. The Morgan fingerprint density at radius 1 is 1.50 bits per heavy atom. The summed E-state index contributed by atoms with van der Waals surface area (Å²) in [6.45, 7) is 0.0833. The molecule has 0 aliphatic rings. The maximum atomic E-state index is 12.3. The predicted octanol–water partition coefficient (Wildman–Crippen LogP) is 2.24. The van der Waals surface area contributed by atoms with Gasteiger partial charge in [0, 0.05) is 6.54 Å². The standard InChI is InChI=1S/C7H7BrF2N2/c8-5-2-1-4(3-11)6(12-5)7(9)10/h1-2,7H,3,11H2. The molecule has 0 bridgehead atoms.